The van der Waals surface area contributed by atoms with Crippen LogP contribution in [-0.4, -0.2) is 36.4 Å². The first-order valence-corrected chi connectivity index (χ1v) is 9.02. The van der Waals surface area contributed by atoms with E-state index < -0.39 is 0 Å². The van der Waals surface area contributed by atoms with Crippen LogP contribution in [0.5, 0.6) is 0 Å². The Bertz CT molecular complexity index is 545. The van der Waals surface area contributed by atoms with Crippen LogP contribution in [0.1, 0.15) is 55.5 Å². The summed E-state index contributed by atoms with van der Waals surface area (Å²) in [6.45, 7) is 7.66. The number of hydrogen-bond acceptors (Lipinski definition) is 2. The zero-order chi connectivity index (χ0) is 17.4. The van der Waals surface area contributed by atoms with Gasteiger partial charge < -0.3 is 16.0 Å². The van der Waals surface area contributed by atoms with Crippen LogP contribution in [0, 0.1) is 5.92 Å². The lowest BCUT2D eigenvalue weighted by Crippen LogP contribution is -2.42. The number of nitrogens with zero attached hydrogens (tertiary/aromatic N) is 2. The molecule has 1 aliphatic rings. The van der Waals surface area contributed by atoms with Crippen LogP contribution in [0.4, 0.5) is 0 Å². The van der Waals surface area contributed by atoms with Crippen LogP contribution in [0.3, 0.4) is 0 Å². The van der Waals surface area contributed by atoms with Gasteiger partial charge in [-0.3, -0.25) is 4.79 Å². The minimum atomic E-state index is -0.0135. The topological polar surface area (TPSA) is 70.7 Å². The maximum atomic E-state index is 12.0. The van der Waals surface area contributed by atoms with Crippen molar-refractivity contribution in [2.45, 2.75) is 46.1 Å². The second-order valence-corrected chi connectivity index (χ2v) is 6.65. The van der Waals surface area contributed by atoms with Crippen molar-refractivity contribution in [1.29, 1.82) is 0 Å². The molecule has 1 heterocycles. The molecule has 1 fully saturated rings. The van der Waals surface area contributed by atoms with E-state index in [0.717, 1.165) is 44.0 Å². The highest BCUT2D eigenvalue weighted by Crippen LogP contribution is 2.15. The number of amides is 1. The van der Waals surface area contributed by atoms with E-state index in [0.29, 0.717) is 18.1 Å². The number of nitrogens with one attached hydrogen (secondary N) is 1. The Morgan fingerprint density at radius 1 is 1.29 bits per heavy atom. The van der Waals surface area contributed by atoms with Crippen LogP contribution >= 0.6 is 0 Å². The molecule has 24 heavy (non-hydrogen) atoms. The van der Waals surface area contributed by atoms with Crippen LogP contribution < -0.4 is 11.1 Å². The standard InChI is InChI=1S/C19H30N4O/c1-3-4-11-21-18(24)17-7-5-16(6-8-17)14-22-19(20)23-12-9-15(2)10-13-23/h5-8,15H,3-4,9-14H2,1-2H3,(H2,20,22)(H,21,24). The molecule has 0 saturated carbocycles. The quantitative estimate of drug-likeness (QED) is 0.479. The Hall–Kier alpha value is -2.04. The Morgan fingerprint density at radius 3 is 2.58 bits per heavy atom. The summed E-state index contributed by atoms with van der Waals surface area (Å²) in [6.07, 6.45) is 4.44. The van der Waals surface area contributed by atoms with Crippen molar-refractivity contribution in [2.24, 2.45) is 16.6 Å². The molecule has 0 aromatic heterocycles. The van der Waals surface area contributed by atoms with Crippen molar-refractivity contribution in [3.05, 3.63) is 35.4 Å². The third-order valence-electron chi connectivity index (χ3n) is 4.56. The van der Waals surface area contributed by atoms with Gasteiger partial charge in [0.15, 0.2) is 5.96 Å². The SMILES string of the molecule is CCCCNC(=O)c1ccc(CN=C(N)N2CCC(C)CC2)cc1. The maximum Gasteiger partial charge on any atom is 0.251 e. The highest BCUT2D eigenvalue weighted by Gasteiger charge is 2.16. The number of unbranched alkanes of at least 4 members (excludes halogenated alkanes) is 1. The average Bonchev–Trinajstić information content (AvgIpc) is 2.61. The van der Waals surface area contributed by atoms with Crippen molar-refractivity contribution in [3.8, 4) is 0 Å². The number of likely N-dealkylation sites (tertiary alicyclic amines) is 1. The summed E-state index contributed by atoms with van der Waals surface area (Å²) in [5.74, 6) is 1.40. The first-order valence-electron chi connectivity index (χ1n) is 9.02. The van der Waals surface area contributed by atoms with Crippen molar-refractivity contribution in [2.75, 3.05) is 19.6 Å². The molecule has 0 spiro atoms. The van der Waals surface area contributed by atoms with Gasteiger partial charge in [0.1, 0.15) is 0 Å². The largest absolute Gasteiger partial charge is 0.370 e. The number of piperidine rings is 1. The average molecular weight is 330 g/mol. The lowest BCUT2D eigenvalue weighted by Gasteiger charge is -2.31. The number of carbonyl (C=O) groups is 1. The normalized spacial score (nSPS) is 16.2. The first kappa shape index (κ1) is 18.3. The molecule has 2 rings (SSSR count). The summed E-state index contributed by atoms with van der Waals surface area (Å²) in [4.78, 5) is 18.6. The zero-order valence-corrected chi connectivity index (χ0v) is 14.9. The number of nitrogens with two attached hydrogens (primary N) is 1. The highest BCUT2D eigenvalue weighted by molar-refractivity contribution is 5.94. The molecule has 5 nitrogen and oxygen atoms in total. The summed E-state index contributed by atoms with van der Waals surface area (Å²) in [6, 6.07) is 7.60. The molecule has 5 heteroatoms. The van der Waals surface area contributed by atoms with Crippen molar-refractivity contribution in [3.63, 3.8) is 0 Å². The van der Waals surface area contributed by atoms with E-state index in [9.17, 15) is 4.79 Å². The summed E-state index contributed by atoms with van der Waals surface area (Å²) < 4.78 is 0. The molecular weight excluding hydrogens is 300 g/mol. The van der Waals surface area contributed by atoms with Crippen molar-refractivity contribution < 1.29 is 4.79 Å². The fourth-order valence-corrected chi connectivity index (χ4v) is 2.75. The highest BCUT2D eigenvalue weighted by atomic mass is 16.1. The molecule has 132 valence electrons. The number of aliphatic imine (C=N–C) groups is 1. The maximum absolute atomic E-state index is 12.0. The molecule has 1 aliphatic heterocycles. The van der Waals surface area contributed by atoms with E-state index in [-0.39, 0.29) is 5.91 Å². The van der Waals surface area contributed by atoms with Crippen LogP contribution in [0.25, 0.3) is 0 Å². The molecule has 3 N–H and O–H groups in total. The first-order chi connectivity index (χ1) is 11.6. The number of guanidine groups is 1. The summed E-state index contributed by atoms with van der Waals surface area (Å²) in [5.41, 5.74) is 7.85. The third-order valence-corrected chi connectivity index (χ3v) is 4.56. The second kappa shape index (κ2) is 9.30. The number of benzene rings is 1. The van der Waals surface area contributed by atoms with Gasteiger partial charge in [-0.15, -0.1) is 0 Å². The molecule has 1 aromatic rings. The van der Waals surface area contributed by atoms with Gasteiger partial charge in [0.2, 0.25) is 0 Å². The van der Waals surface area contributed by atoms with Gasteiger partial charge in [0, 0.05) is 25.2 Å². The molecule has 0 atom stereocenters. The summed E-state index contributed by atoms with van der Waals surface area (Å²) >= 11 is 0. The van der Waals surface area contributed by atoms with Gasteiger partial charge in [0.25, 0.3) is 5.91 Å². The van der Waals surface area contributed by atoms with E-state index in [1.807, 2.05) is 24.3 Å². The van der Waals surface area contributed by atoms with Gasteiger partial charge in [-0.25, -0.2) is 4.99 Å². The van der Waals surface area contributed by atoms with E-state index in [1.54, 1.807) is 0 Å². The summed E-state index contributed by atoms with van der Waals surface area (Å²) in [7, 11) is 0. The predicted octanol–water partition coefficient (Wildman–Crippen LogP) is 2.76. The molecule has 1 amide bonds. The van der Waals surface area contributed by atoms with E-state index >= 15 is 0 Å². The zero-order valence-electron chi connectivity index (χ0n) is 14.9. The van der Waals surface area contributed by atoms with Gasteiger partial charge in [-0.05, 0) is 42.9 Å². The summed E-state index contributed by atoms with van der Waals surface area (Å²) in [5, 5.41) is 2.92. The van der Waals surface area contributed by atoms with E-state index in [1.165, 1.54) is 12.8 Å². The fourth-order valence-electron chi connectivity index (χ4n) is 2.75. The minimum absolute atomic E-state index is 0.0135. The smallest absolute Gasteiger partial charge is 0.251 e. The molecule has 1 saturated heterocycles. The van der Waals surface area contributed by atoms with Gasteiger partial charge in [0.05, 0.1) is 6.54 Å². The molecule has 0 radical (unpaired) electrons. The Kier molecular flexibility index (Phi) is 7.09. The van der Waals surface area contributed by atoms with Gasteiger partial charge >= 0.3 is 0 Å². The van der Waals surface area contributed by atoms with Gasteiger partial charge in [-0.2, -0.15) is 0 Å². The predicted molar refractivity (Wildman–Crippen MR) is 99.0 cm³/mol. The molecule has 1 aromatic carbocycles. The monoisotopic (exact) mass is 330 g/mol. The van der Waals surface area contributed by atoms with Crippen LogP contribution in [0.2, 0.25) is 0 Å². The van der Waals surface area contributed by atoms with Crippen LogP contribution in [-0.2, 0) is 6.54 Å². The number of carbonyl (C=O) groups excluding carboxylic acids is 1. The number of rotatable bonds is 6. The number of hydrogen-bond donors (Lipinski definition) is 2. The fraction of sp³-hybridized carbons (Fsp3) is 0.579. The van der Waals surface area contributed by atoms with Crippen molar-refractivity contribution >= 4 is 11.9 Å². The molecule has 0 unspecified atom stereocenters. The van der Waals surface area contributed by atoms with E-state index in [2.05, 4.69) is 29.1 Å². The lowest BCUT2D eigenvalue weighted by atomic mass is 10.00. The van der Waals surface area contributed by atoms with Crippen LogP contribution in [0.15, 0.2) is 29.3 Å². The Morgan fingerprint density at radius 2 is 1.96 bits per heavy atom. The molecule has 0 aliphatic carbocycles. The minimum Gasteiger partial charge on any atom is -0.370 e. The Balaban J connectivity index is 1.84. The third kappa shape index (κ3) is 5.55. The van der Waals surface area contributed by atoms with Gasteiger partial charge in [-0.1, -0.05) is 32.4 Å². The second-order valence-electron chi connectivity index (χ2n) is 6.65. The molecular formula is C19H30N4O. The molecule has 0 bridgehead atoms. The van der Waals surface area contributed by atoms with Crippen molar-refractivity contribution in [1.82, 2.24) is 10.2 Å². The lowest BCUT2D eigenvalue weighted by molar-refractivity contribution is 0.0953. The van der Waals surface area contributed by atoms with E-state index in [4.69, 9.17) is 5.73 Å². The Labute approximate surface area is 145 Å².